The monoisotopic (exact) mass is 286 g/mol. The van der Waals surface area contributed by atoms with Gasteiger partial charge < -0.3 is 10.1 Å². The molecule has 0 aromatic carbocycles. The Labute approximate surface area is 110 Å². The Kier molecular flexibility index (Phi) is 8.32. The van der Waals surface area contributed by atoms with Crippen LogP contribution in [0, 0.1) is 0 Å². The van der Waals surface area contributed by atoms with E-state index < -0.39 is 10.0 Å². The number of ether oxygens (including phenoxy) is 1. The SMILES string of the molecule is CNCC1CCCN1S(=O)(=O)CCCOC.Cl. The zero-order valence-electron chi connectivity index (χ0n) is 10.5. The molecule has 1 aliphatic heterocycles. The number of methoxy groups -OCH3 is 1. The summed E-state index contributed by atoms with van der Waals surface area (Å²) in [6.45, 7) is 1.91. The molecule has 1 unspecified atom stereocenters. The number of hydrogen-bond donors (Lipinski definition) is 1. The van der Waals surface area contributed by atoms with Crippen LogP contribution in [0.4, 0.5) is 0 Å². The van der Waals surface area contributed by atoms with E-state index in [1.807, 2.05) is 7.05 Å². The van der Waals surface area contributed by atoms with Crippen molar-refractivity contribution in [2.24, 2.45) is 0 Å². The van der Waals surface area contributed by atoms with Gasteiger partial charge in [-0.05, 0) is 26.3 Å². The van der Waals surface area contributed by atoms with Gasteiger partial charge in [0.1, 0.15) is 0 Å². The van der Waals surface area contributed by atoms with E-state index in [1.54, 1.807) is 11.4 Å². The maximum atomic E-state index is 12.0. The van der Waals surface area contributed by atoms with E-state index in [0.29, 0.717) is 19.6 Å². The molecule has 1 atom stereocenters. The lowest BCUT2D eigenvalue weighted by Crippen LogP contribution is -2.42. The number of hydrogen-bond acceptors (Lipinski definition) is 4. The summed E-state index contributed by atoms with van der Waals surface area (Å²) in [6, 6.07) is 0.137. The normalized spacial score (nSPS) is 21.4. The van der Waals surface area contributed by atoms with E-state index in [-0.39, 0.29) is 24.2 Å². The number of nitrogens with zero attached hydrogens (tertiary/aromatic N) is 1. The minimum Gasteiger partial charge on any atom is -0.385 e. The van der Waals surface area contributed by atoms with Crippen LogP contribution < -0.4 is 5.32 Å². The van der Waals surface area contributed by atoms with Crippen molar-refractivity contribution in [1.29, 1.82) is 0 Å². The summed E-state index contributed by atoms with van der Waals surface area (Å²) in [5.41, 5.74) is 0. The summed E-state index contributed by atoms with van der Waals surface area (Å²) in [4.78, 5) is 0. The second-order valence-electron chi connectivity index (χ2n) is 4.13. The highest BCUT2D eigenvalue weighted by molar-refractivity contribution is 7.89. The fourth-order valence-corrected chi connectivity index (χ4v) is 3.88. The molecule has 1 rings (SSSR count). The smallest absolute Gasteiger partial charge is 0.214 e. The first-order valence-corrected chi connectivity index (χ1v) is 7.36. The van der Waals surface area contributed by atoms with Crippen LogP contribution in [0.5, 0.6) is 0 Å². The van der Waals surface area contributed by atoms with Gasteiger partial charge in [-0.25, -0.2) is 8.42 Å². The summed E-state index contributed by atoms with van der Waals surface area (Å²) in [7, 11) is 0.354. The fourth-order valence-electron chi connectivity index (χ4n) is 2.12. The van der Waals surface area contributed by atoms with Crippen molar-refractivity contribution < 1.29 is 13.2 Å². The Bertz CT molecular complexity index is 298. The molecule has 17 heavy (non-hydrogen) atoms. The Morgan fingerprint density at radius 1 is 1.47 bits per heavy atom. The molecule has 0 saturated carbocycles. The molecule has 0 aromatic rings. The molecular weight excluding hydrogens is 264 g/mol. The van der Waals surface area contributed by atoms with Crippen LogP contribution in [0.3, 0.4) is 0 Å². The number of nitrogens with one attached hydrogen (secondary N) is 1. The lowest BCUT2D eigenvalue weighted by atomic mass is 10.2. The summed E-state index contributed by atoms with van der Waals surface area (Å²) in [5.74, 6) is 0.195. The predicted molar refractivity (Wildman–Crippen MR) is 71.2 cm³/mol. The van der Waals surface area contributed by atoms with Crippen molar-refractivity contribution in [2.45, 2.75) is 25.3 Å². The Balaban J connectivity index is 0.00000256. The molecule has 0 radical (unpaired) electrons. The summed E-state index contributed by atoms with van der Waals surface area (Å²) < 4.78 is 30.6. The van der Waals surface area contributed by atoms with Crippen molar-refractivity contribution >= 4 is 22.4 Å². The standard InChI is InChI=1S/C10H22N2O3S.ClH/c1-11-9-10-5-3-6-12(10)16(13,14)8-4-7-15-2;/h10-11H,3-9H2,1-2H3;1H. The zero-order valence-corrected chi connectivity index (χ0v) is 12.1. The zero-order chi connectivity index (χ0) is 12.0. The van der Waals surface area contributed by atoms with Crippen molar-refractivity contribution in [2.75, 3.05) is 39.6 Å². The molecule has 0 aromatic heterocycles. The van der Waals surface area contributed by atoms with Crippen molar-refractivity contribution in [3.8, 4) is 0 Å². The Hall–Kier alpha value is 0.120. The molecule has 0 amide bonds. The van der Waals surface area contributed by atoms with E-state index in [9.17, 15) is 8.42 Å². The molecular formula is C10H23ClN2O3S. The summed E-state index contributed by atoms with van der Waals surface area (Å²) in [6.07, 6.45) is 2.50. The van der Waals surface area contributed by atoms with Crippen molar-refractivity contribution in [3.05, 3.63) is 0 Å². The molecule has 7 heteroatoms. The van der Waals surface area contributed by atoms with Gasteiger partial charge in [0.15, 0.2) is 0 Å². The summed E-state index contributed by atoms with van der Waals surface area (Å²) >= 11 is 0. The van der Waals surface area contributed by atoms with Gasteiger partial charge in [-0.2, -0.15) is 4.31 Å². The third-order valence-electron chi connectivity index (χ3n) is 2.87. The van der Waals surface area contributed by atoms with Gasteiger partial charge in [-0.1, -0.05) is 0 Å². The first-order valence-electron chi connectivity index (χ1n) is 5.75. The molecule has 104 valence electrons. The number of likely N-dealkylation sites (N-methyl/N-ethyl adjacent to an activating group) is 1. The van der Waals surface area contributed by atoms with Gasteiger partial charge in [0.2, 0.25) is 10.0 Å². The van der Waals surface area contributed by atoms with Crippen LogP contribution in [-0.4, -0.2) is 58.4 Å². The highest BCUT2D eigenvalue weighted by Gasteiger charge is 2.32. The van der Waals surface area contributed by atoms with Gasteiger partial charge in [0, 0.05) is 32.8 Å². The molecule has 1 N–H and O–H groups in total. The topological polar surface area (TPSA) is 58.6 Å². The number of rotatable bonds is 7. The van der Waals surface area contributed by atoms with E-state index in [4.69, 9.17) is 4.74 Å². The first kappa shape index (κ1) is 17.1. The average molecular weight is 287 g/mol. The molecule has 0 bridgehead atoms. The molecule has 0 spiro atoms. The minimum absolute atomic E-state index is 0. The fraction of sp³-hybridized carbons (Fsp3) is 1.00. The van der Waals surface area contributed by atoms with Crippen LogP contribution >= 0.6 is 12.4 Å². The maximum Gasteiger partial charge on any atom is 0.214 e. The van der Waals surface area contributed by atoms with E-state index in [2.05, 4.69) is 5.32 Å². The van der Waals surface area contributed by atoms with E-state index in [0.717, 1.165) is 19.4 Å². The third-order valence-corrected chi connectivity index (χ3v) is 4.87. The third kappa shape index (κ3) is 5.09. The number of halogens is 1. The van der Waals surface area contributed by atoms with Crippen molar-refractivity contribution in [1.82, 2.24) is 9.62 Å². The second-order valence-corrected chi connectivity index (χ2v) is 6.17. The van der Waals surface area contributed by atoms with Gasteiger partial charge in [0.05, 0.1) is 5.75 Å². The Morgan fingerprint density at radius 2 is 2.18 bits per heavy atom. The van der Waals surface area contributed by atoms with Crippen LogP contribution in [0.25, 0.3) is 0 Å². The van der Waals surface area contributed by atoms with Crippen LogP contribution in [0.1, 0.15) is 19.3 Å². The maximum absolute atomic E-state index is 12.0. The van der Waals surface area contributed by atoms with Crippen LogP contribution in [0.15, 0.2) is 0 Å². The Morgan fingerprint density at radius 3 is 2.76 bits per heavy atom. The first-order chi connectivity index (χ1) is 7.61. The van der Waals surface area contributed by atoms with Gasteiger partial charge >= 0.3 is 0 Å². The van der Waals surface area contributed by atoms with Crippen LogP contribution in [-0.2, 0) is 14.8 Å². The van der Waals surface area contributed by atoms with Crippen molar-refractivity contribution in [3.63, 3.8) is 0 Å². The largest absolute Gasteiger partial charge is 0.385 e. The molecule has 1 heterocycles. The predicted octanol–water partition coefficient (Wildman–Crippen LogP) is 0.458. The van der Waals surface area contributed by atoms with E-state index in [1.165, 1.54) is 0 Å². The molecule has 1 fully saturated rings. The number of sulfonamides is 1. The highest BCUT2D eigenvalue weighted by Crippen LogP contribution is 2.21. The molecule has 1 aliphatic rings. The molecule has 0 aliphatic carbocycles. The summed E-state index contributed by atoms with van der Waals surface area (Å²) in [5, 5.41) is 3.05. The average Bonchev–Trinajstić information content (AvgIpc) is 2.67. The quantitative estimate of drug-likeness (QED) is 0.691. The molecule has 1 saturated heterocycles. The van der Waals surface area contributed by atoms with E-state index >= 15 is 0 Å². The minimum atomic E-state index is -3.09. The second kappa shape index (κ2) is 8.26. The molecule has 5 nitrogen and oxygen atoms in total. The highest BCUT2D eigenvalue weighted by atomic mass is 35.5. The van der Waals surface area contributed by atoms with Gasteiger partial charge in [0.25, 0.3) is 0 Å². The lowest BCUT2D eigenvalue weighted by Gasteiger charge is -2.23. The van der Waals surface area contributed by atoms with Gasteiger partial charge in [-0.3, -0.25) is 0 Å². The lowest BCUT2D eigenvalue weighted by molar-refractivity contribution is 0.199. The van der Waals surface area contributed by atoms with Crippen LogP contribution in [0.2, 0.25) is 0 Å². The van der Waals surface area contributed by atoms with Gasteiger partial charge in [-0.15, -0.1) is 12.4 Å².